The number of piperidine rings is 2. The van der Waals surface area contributed by atoms with Gasteiger partial charge in [0.25, 0.3) is 10.2 Å². The van der Waals surface area contributed by atoms with Crippen molar-refractivity contribution in [2.24, 2.45) is 5.92 Å². The zero-order chi connectivity index (χ0) is 13.7. The molecule has 2 saturated heterocycles. The first-order valence-electron chi connectivity index (χ1n) is 7.60. The van der Waals surface area contributed by atoms with Crippen LogP contribution in [0.3, 0.4) is 0 Å². The van der Waals surface area contributed by atoms with Gasteiger partial charge < -0.3 is 5.32 Å². The molecule has 19 heavy (non-hydrogen) atoms. The van der Waals surface area contributed by atoms with Gasteiger partial charge in [0, 0.05) is 26.2 Å². The average molecular weight is 289 g/mol. The van der Waals surface area contributed by atoms with E-state index in [4.69, 9.17) is 0 Å². The molecule has 2 aliphatic rings. The summed E-state index contributed by atoms with van der Waals surface area (Å²) in [5.74, 6) is 0.466. The Morgan fingerprint density at radius 3 is 2.53 bits per heavy atom. The summed E-state index contributed by atoms with van der Waals surface area (Å²) < 4.78 is 28.6. The van der Waals surface area contributed by atoms with Gasteiger partial charge in [0.2, 0.25) is 0 Å². The van der Waals surface area contributed by atoms with Gasteiger partial charge in [-0.1, -0.05) is 13.3 Å². The van der Waals surface area contributed by atoms with Crippen LogP contribution in [0.25, 0.3) is 0 Å². The molecule has 1 atom stereocenters. The quantitative estimate of drug-likeness (QED) is 0.823. The molecule has 0 spiro atoms. The van der Waals surface area contributed by atoms with Crippen molar-refractivity contribution in [3.63, 3.8) is 0 Å². The fourth-order valence-corrected chi connectivity index (χ4v) is 4.78. The summed E-state index contributed by atoms with van der Waals surface area (Å²) >= 11 is 0. The Labute approximate surface area is 117 Å². The van der Waals surface area contributed by atoms with E-state index in [-0.39, 0.29) is 0 Å². The first-order valence-corrected chi connectivity index (χ1v) is 9.00. The lowest BCUT2D eigenvalue weighted by Gasteiger charge is -2.34. The molecule has 2 heterocycles. The molecule has 2 aliphatic heterocycles. The van der Waals surface area contributed by atoms with Gasteiger partial charge >= 0.3 is 0 Å². The number of hydrogen-bond donors (Lipinski definition) is 1. The second-order valence-electron chi connectivity index (χ2n) is 5.63. The van der Waals surface area contributed by atoms with Crippen molar-refractivity contribution >= 4 is 10.2 Å². The first kappa shape index (κ1) is 15.2. The molecule has 0 saturated carbocycles. The van der Waals surface area contributed by atoms with Crippen molar-refractivity contribution < 1.29 is 8.42 Å². The topological polar surface area (TPSA) is 52.7 Å². The monoisotopic (exact) mass is 289 g/mol. The number of nitrogens with zero attached hydrogens (tertiary/aromatic N) is 2. The molecular formula is C13H27N3O2S. The zero-order valence-corrected chi connectivity index (χ0v) is 12.8. The largest absolute Gasteiger partial charge is 0.316 e. The van der Waals surface area contributed by atoms with Crippen LogP contribution in [0.2, 0.25) is 0 Å². The molecule has 112 valence electrons. The smallest absolute Gasteiger partial charge is 0.281 e. The fraction of sp³-hybridized carbons (Fsp3) is 1.00. The van der Waals surface area contributed by atoms with E-state index in [1.165, 1.54) is 0 Å². The predicted octanol–water partition coefficient (Wildman–Crippen LogP) is 1.04. The maximum atomic E-state index is 12.6. The average Bonchev–Trinajstić information content (AvgIpc) is 2.46. The van der Waals surface area contributed by atoms with Gasteiger partial charge in [0.05, 0.1) is 0 Å². The second kappa shape index (κ2) is 7.02. The number of nitrogens with one attached hydrogen (secondary N) is 1. The molecule has 0 aromatic rings. The van der Waals surface area contributed by atoms with E-state index in [0.29, 0.717) is 32.1 Å². The predicted molar refractivity (Wildman–Crippen MR) is 77.2 cm³/mol. The summed E-state index contributed by atoms with van der Waals surface area (Å²) in [5, 5.41) is 3.36. The third-order valence-corrected chi connectivity index (χ3v) is 6.26. The molecular weight excluding hydrogens is 262 g/mol. The highest BCUT2D eigenvalue weighted by atomic mass is 32.2. The van der Waals surface area contributed by atoms with Crippen molar-refractivity contribution in [2.75, 3.05) is 39.3 Å². The highest BCUT2D eigenvalue weighted by Gasteiger charge is 2.31. The standard InChI is InChI=1S/C13H27N3O2S/c1-2-15(12-13-7-6-8-14-11-13)19(17,18)16-9-4-3-5-10-16/h13-14H,2-12H2,1H3. The molecule has 5 nitrogen and oxygen atoms in total. The highest BCUT2D eigenvalue weighted by molar-refractivity contribution is 7.86. The molecule has 6 heteroatoms. The van der Waals surface area contributed by atoms with E-state index < -0.39 is 10.2 Å². The maximum Gasteiger partial charge on any atom is 0.281 e. The highest BCUT2D eigenvalue weighted by Crippen LogP contribution is 2.19. The van der Waals surface area contributed by atoms with Gasteiger partial charge in [0.1, 0.15) is 0 Å². The van der Waals surface area contributed by atoms with Crippen LogP contribution in [0.4, 0.5) is 0 Å². The minimum Gasteiger partial charge on any atom is -0.316 e. The van der Waals surface area contributed by atoms with E-state index in [0.717, 1.165) is 45.2 Å². The van der Waals surface area contributed by atoms with Crippen molar-refractivity contribution in [3.05, 3.63) is 0 Å². The van der Waals surface area contributed by atoms with E-state index in [2.05, 4.69) is 5.32 Å². The van der Waals surface area contributed by atoms with Gasteiger partial charge in [-0.15, -0.1) is 0 Å². The molecule has 0 radical (unpaired) electrons. The van der Waals surface area contributed by atoms with Crippen LogP contribution in [0, 0.1) is 5.92 Å². The normalized spacial score (nSPS) is 26.7. The molecule has 1 N–H and O–H groups in total. The number of rotatable bonds is 5. The van der Waals surface area contributed by atoms with Crippen molar-refractivity contribution in [1.29, 1.82) is 0 Å². The molecule has 0 aromatic heterocycles. The van der Waals surface area contributed by atoms with Crippen LogP contribution in [-0.2, 0) is 10.2 Å². The molecule has 2 rings (SSSR count). The third kappa shape index (κ3) is 3.90. The van der Waals surface area contributed by atoms with Crippen LogP contribution >= 0.6 is 0 Å². The Bertz CT molecular complexity index is 360. The van der Waals surface area contributed by atoms with Gasteiger partial charge in [-0.3, -0.25) is 0 Å². The van der Waals surface area contributed by atoms with Gasteiger partial charge in [0.15, 0.2) is 0 Å². The summed E-state index contributed by atoms with van der Waals surface area (Å²) in [6.45, 7) is 6.60. The van der Waals surface area contributed by atoms with Crippen molar-refractivity contribution in [3.8, 4) is 0 Å². The summed E-state index contributed by atoms with van der Waals surface area (Å²) in [7, 11) is -3.23. The van der Waals surface area contributed by atoms with Crippen molar-refractivity contribution in [1.82, 2.24) is 13.9 Å². The summed E-state index contributed by atoms with van der Waals surface area (Å²) in [6.07, 6.45) is 5.46. The Hall–Kier alpha value is -0.170. The molecule has 1 unspecified atom stereocenters. The maximum absolute atomic E-state index is 12.6. The first-order chi connectivity index (χ1) is 9.14. The van der Waals surface area contributed by atoms with Crippen LogP contribution in [0.15, 0.2) is 0 Å². The SMILES string of the molecule is CCN(CC1CCCNC1)S(=O)(=O)N1CCCCC1. The Kier molecular flexibility index (Phi) is 5.62. The molecule has 0 bridgehead atoms. The molecule has 0 amide bonds. The zero-order valence-electron chi connectivity index (χ0n) is 12.0. The minimum absolute atomic E-state index is 0.466. The Balaban J connectivity index is 1.98. The number of hydrogen-bond acceptors (Lipinski definition) is 3. The van der Waals surface area contributed by atoms with Gasteiger partial charge in [-0.05, 0) is 44.7 Å². The van der Waals surface area contributed by atoms with Crippen LogP contribution in [-0.4, -0.2) is 56.3 Å². The van der Waals surface area contributed by atoms with Gasteiger partial charge in [-0.2, -0.15) is 17.0 Å². The molecule has 2 fully saturated rings. The van der Waals surface area contributed by atoms with E-state index in [1.807, 2.05) is 6.92 Å². The lowest BCUT2D eigenvalue weighted by atomic mass is 10.00. The van der Waals surface area contributed by atoms with E-state index >= 15 is 0 Å². The minimum atomic E-state index is -3.23. The fourth-order valence-electron chi connectivity index (χ4n) is 3.01. The van der Waals surface area contributed by atoms with Crippen molar-refractivity contribution in [2.45, 2.75) is 39.0 Å². The Morgan fingerprint density at radius 2 is 1.95 bits per heavy atom. The van der Waals surface area contributed by atoms with E-state index in [1.54, 1.807) is 8.61 Å². The lowest BCUT2D eigenvalue weighted by Crippen LogP contribution is -2.48. The van der Waals surface area contributed by atoms with E-state index in [9.17, 15) is 8.42 Å². The van der Waals surface area contributed by atoms with Crippen LogP contribution in [0.5, 0.6) is 0 Å². The molecule has 0 aliphatic carbocycles. The Morgan fingerprint density at radius 1 is 1.21 bits per heavy atom. The van der Waals surface area contributed by atoms with Gasteiger partial charge in [-0.25, -0.2) is 0 Å². The summed E-state index contributed by atoms with van der Waals surface area (Å²) in [4.78, 5) is 0. The summed E-state index contributed by atoms with van der Waals surface area (Å²) in [6, 6.07) is 0. The summed E-state index contributed by atoms with van der Waals surface area (Å²) in [5.41, 5.74) is 0. The van der Waals surface area contributed by atoms with Crippen LogP contribution in [0.1, 0.15) is 39.0 Å². The second-order valence-corrected chi connectivity index (χ2v) is 7.56. The molecule has 0 aromatic carbocycles. The third-order valence-electron chi connectivity index (χ3n) is 4.18. The lowest BCUT2D eigenvalue weighted by molar-refractivity contribution is 0.265. The van der Waals surface area contributed by atoms with Crippen LogP contribution < -0.4 is 5.32 Å².